The molecule has 1 N–H and O–H groups in total. The standard InChI is InChI=1S/C13H14N2O2S/c1-2-17-7-10-4-3-5-11(6-10)15-13(16)12-8-18-9-14-12/h3-6,8-9H,2,7H2,1H3,(H,15,16). The van der Waals surface area contributed by atoms with Crippen molar-refractivity contribution in [3.8, 4) is 0 Å². The second kappa shape index (κ2) is 6.28. The summed E-state index contributed by atoms with van der Waals surface area (Å²) in [5.41, 5.74) is 3.87. The van der Waals surface area contributed by atoms with Crippen LogP contribution in [0.3, 0.4) is 0 Å². The van der Waals surface area contributed by atoms with E-state index in [0.29, 0.717) is 18.9 Å². The lowest BCUT2D eigenvalue weighted by atomic mass is 10.2. The van der Waals surface area contributed by atoms with Crippen molar-refractivity contribution >= 4 is 22.9 Å². The number of aromatic nitrogens is 1. The Kier molecular flexibility index (Phi) is 4.44. The number of anilines is 1. The van der Waals surface area contributed by atoms with E-state index in [1.54, 1.807) is 10.9 Å². The fraction of sp³-hybridized carbons (Fsp3) is 0.231. The molecule has 1 heterocycles. The van der Waals surface area contributed by atoms with Crippen LogP contribution in [-0.2, 0) is 11.3 Å². The van der Waals surface area contributed by atoms with E-state index >= 15 is 0 Å². The number of ether oxygens (including phenoxy) is 1. The lowest BCUT2D eigenvalue weighted by Gasteiger charge is -2.06. The maximum atomic E-state index is 11.8. The van der Waals surface area contributed by atoms with Gasteiger partial charge in [-0.3, -0.25) is 4.79 Å². The van der Waals surface area contributed by atoms with Crippen molar-refractivity contribution in [3.63, 3.8) is 0 Å². The molecule has 1 aromatic heterocycles. The molecule has 0 bridgehead atoms. The number of carbonyl (C=O) groups is 1. The first-order chi connectivity index (χ1) is 8.79. The highest BCUT2D eigenvalue weighted by atomic mass is 32.1. The third-order valence-electron chi connectivity index (χ3n) is 2.32. The van der Waals surface area contributed by atoms with Crippen molar-refractivity contribution in [3.05, 3.63) is 46.4 Å². The minimum Gasteiger partial charge on any atom is -0.377 e. The van der Waals surface area contributed by atoms with Crippen molar-refractivity contribution in [2.24, 2.45) is 0 Å². The Bertz CT molecular complexity index is 511. The Hall–Kier alpha value is -1.72. The molecule has 0 radical (unpaired) electrons. The number of hydrogen-bond donors (Lipinski definition) is 1. The van der Waals surface area contributed by atoms with E-state index in [1.807, 2.05) is 31.2 Å². The van der Waals surface area contributed by atoms with E-state index in [2.05, 4.69) is 10.3 Å². The fourth-order valence-corrected chi connectivity index (χ4v) is 2.01. The smallest absolute Gasteiger partial charge is 0.275 e. The zero-order valence-corrected chi connectivity index (χ0v) is 10.9. The lowest BCUT2D eigenvalue weighted by molar-refractivity contribution is 0.102. The molecule has 5 heteroatoms. The molecule has 0 atom stereocenters. The topological polar surface area (TPSA) is 51.2 Å². The SMILES string of the molecule is CCOCc1cccc(NC(=O)c2cscn2)c1. The van der Waals surface area contributed by atoms with Gasteiger partial charge in [-0.25, -0.2) is 4.98 Å². The zero-order valence-electron chi connectivity index (χ0n) is 10.1. The van der Waals surface area contributed by atoms with Crippen molar-refractivity contribution < 1.29 is 9.53 Å². The van der Waals surface area contributed by atoms with Crippen LogP contribution in [0.15, 0.2) is 35.2 Å². The summed E-state index contributed by atoms with van der Waals surface area (Å²) in [6.45, 7) is 3.18. The monoisotopic (exact) mass is 262 g/mol. The Morgan fingerprint density at radius 3 is 3.11 bits per heavy atom. The molecule has 0 saturated heterocycles. The van der Waals surface area contributed by atoms with Gasteiger partial charge in [0.2, 0.25) is 0 Å². The Labute approximate surface area is 110 Å². The van der Waals surface area contributed by atoms with Crippen LogP contribution in [0.4, 0.5) is 5.69 Å². The van der Waals surface area contributed by atoms with Crippen molar-refractivity contribution in [2.45, 2.75) is 13.5 Å². The van der Waals surface area contributed by atoms with Crippen molar-refractivity contribution in [1.29, 1.82) is 0 Å². The van der Waals surface area contributed by atoms with E-state index in [9.17, 15) is 4.79 Å². The first kappa shape index (κ1) is 12.7. The molecular formula is C13H14N2O2S. The van der Waals surface area contributed by atoms with Crippen LogP contribution in [0, 0.1) is 0 Å². The zero-order chi connectivity index (χ0) is 12.8. The van der Waals surface area contributed by atoms with Crippen LogP contribution < -0.4 is 5.32 Å². The lowest BCUT2D eigenvalue weighted by Crippen LogP contribution is -2.12. The second-order valence-corrected chi connectivity index (χ2v) is 4.38. The van der Waals surface area contributed by atoms with E-state index in [-0.39, 0.29) is 5.91 Å². The number of carbonyl (C=O) groups excluding carboxylic acids is 1. The van der Waals surface area contributed by atoms with Crippen LogP contribution >= 0.6 is 11.3 Å². The molecular weight excluding hydrogens is 248 g/mol. The molecule has 4 nitrogen and oxygen atoms in total. The number of nitrogens with one attached hydrogen (secondary N) is 1. The minimum atomic E-state index is -0.190. The average Bonchev–Trinajstić information content (AvgIpc) is 2.91. The number of rotatable bonds is 5. The maximum Gasteiger partial charge on any atom is 0.275 e. The summed E-state index contributed by atoms with van der Waals surface area (Å²) in [5.74, 6) is -0.190. The predicted octanol–water partition coefficient (Wildman–Crippen LogP) is 2.93. The van der Waals surface area contributed by atoms with Crippen molar-refractivity contribution in [2.75, 3.05) is 11.9 Å². The van der Waals surface area contributed by atoms with Gasteiger partial charge in [0.15, 0.2) is 0 Å². The molecule has 0 aliphatic heterocycles. The highest BCUT2D eigenvalue weighted by Crippen LogP contribution is 2.13. The van der Waals surface area contributed by atoms with Crippen LogP contribution in [-0.4, -0.2) is 17.5 Å². The largest absolute Gasteiger partial charge is 0.377 e. The summed E-state index contributed by atoms with van der Waals surface area (Å²) in [6.07, 6.45) is 0. The normalized spacial score (nSPS) is 10.3. The second-order valence-electron chi connectivity index (χ2n) is 3.67. The highest BCUT2D eigenvalue weighted by molar-refractivity contribution is 7.07. The minimum absolute atomic E-state index is 0.190. The van der Waals surface area contributed by atoms with Gasteiger partial charge in [0, 0.05) is 17.7 Å². The molecule has 2 rings (SSSR count). The summed E-state index contributed by atoms with van der Waals surface area (Å²) in [6, 6.07) is 7.61. The van der Waals surface area contributed by atoms with E-state index in [4.69, 9.17) is 4.74 Å². The number of benzene rings is 1. The third kappa shape index (κ3) is 3.38. The maximum absolute atomic E-state index is 11.8. The summed E-state index contributed by atoms with van der Waals surface area (Å²) >= 11 is 1.40. The fourth-order valence-electron chi connectivity index (χ4n) is 1.48. The summed E-state index contributed by atoms with van der Waals surface area (Å²) in [5, 5.41) is 4.53. The molecule has 94 valence electrons. The molecule has 1 amide bonds. The Morgan fingerprint density at radius 2 is 2.39 bits per heavy atom. The van der Waals surface area contributed by atoms with Gasteiger partial charge in [-0.15, -0.1) is 11.3 Å². The van der Waals surface area contributed by atoms with Gasteiger partial charge >= 0.3 is 0 Å². The molecule has 0 aliphatic rings. The Morgan fingerprint density at radius 1 is 1.50 bits per heavy atom. The Balaban J connectivity index is 2.03. The van der Waals surface area contributed by atoms with Gasteiger partial charge < -0.3 is 10.1 Å². The number of amides is 1. The third-order valence-corrected chi connectivity index (χ3v) is 2.91. The van der Waals surface area contributed by atoms with Gasteiger partial charge in [0.05, 0.1) is 12.1 Å². The van der Waals surface area contributed by atoms with Crippen LogP contribution in [0.1, 0.15) is 23.0 Å². The molecule has 1 aromatic carbocycles. The summed E-state index contributed by atoms with van der Waals surface area (Å²) in [7, 11) is 0. The van der Waals surface area contributed by atoms with Crippen LogP contribution in [0.25, 0.3) is 0 Å². The predicted molar refractivity (Wildman–Crippen MR) is 71.8 cm³/mol. The molecule has 0 saturated carbocycles. The number of hydrogen-bond acceptors (Lipinski definition) is 4. The van der Waals surface area contributed by atoms with Gasteiger partial charge in [0.25, 0.3) is 5.91 Å². The number of nitrogens with zero attached hydrogens (tertiary/aromatic N) is 1. The number of thiazole rings is 1. The van der Waals surface area contributed by atoms with E-state index in [1.165, 1.54) is 11.3 Å². The van der Waals surface area contributed by atoms with Gasteiger partial charge in [-0.05, 0) is 24.6 Å². The van der Waals surface area contributed by atoms with Gasteiger partial charge in [-0.1, -0.05) is 12.1 Å². The molecule has 0 spiro atoms. The molecule has 18 heavy (non-hydrogen) atoms. The summed E-state index contributed by atoms with van der Waals surface area (Å²) < 4.78 is 5.33. The highest BCUT2D eigenvalue weighted by Gasteiger charge is 2.07. The van der Waals surface area contributed by atoms with Gasteiger partial charge in [-0.2, -0.15) is 0 Å². The van der Waals surface area contributed by atoms with E-state index in [0.717, 1.165) is 11.3 Å². The average molecular weight is 262 g/mol. The van der Waals surface area contributed by atoms with Crippen LogP contribution in [0.5, 0.6) is 0 Å². The first-order valence-electron chi connectivity index (χ1n) is 5.66. The van der Waals surface area contributed by atoms with Gasteiger partial charge in [0.1, 0.15) is 5.69 Å². The quantitative estimate of drug-likeness (QED) is 0.901. The molecule has 0 fully saturated rings. The van der Waals surface area contributed by atoms with Crippen LogP contribution in [0.2, 0.25) is 0 Å². The molecule has 0 aliphatic carbocycles. The molecule has 2 aromatic rings. The first-order valence-corrected chi connectivity index (χ1v) is 6.60. The molecule has 0 unspecified atom stereocenters. The van der Waals surface area contributed by atoms with E-state index < -0.39 is 0 Å². The van der Waals surface area contributed by atoms with Crippen molar-refractivity contribution in [1.82, 2.24) is 4.98 Å². The summed E-state index contributed by atoms with van der Waals surface area (Å²) in [4.78, 5) is 15.8.